The van der Waals surface area contributed by atoms with Crippen LogP contribution < -0.4 is 20.7 Å². The van der Waals surface area contributed by atoms with Crippen molar-refractivity contribution < 1.29 is 19.7 Å². The van der Waals surface area contributed by atoms with Gasteiger partial charge in [-0.05, 0) is 55.9 Å². The molecule has 0 spiro atoms. The lowest BCUT2D eigenvalue weighted by atomic mass is 10.0. The van der Waals surface area contributed by atoms with Crippen molar-refractivity contribution in [1.82, 2.24) is 10.3 Å². The molecular formula is C24H34N4O4. The van der Waals surface area contributed by atoms with Crippen molar-refractivity contribution in [2.75, 3.05) is 31.1 Å². The predicted molar refractivity (Wildman–Crippen MR) is 124 cm³/mol. The number of nitrogens with one attached hydrogen (secondary N) is 1. The molecule has 2 aromatic rings. The molecule has 1 atom stereocenters. The fourth-order valence-corrected chi connectivity index (χ4v) is 3.85. The van der Waals surface area contributed by atoms with Gasteiger partial charge in [0.1, 0.15) is 11.4 Å². The van der Waals surface area contributed by atoms with Crippen LogP contribution in [-0.2, 0) is 13.0 Å². The lowest BCUT2D eigenvalue weighted by Gasteiger charge is -2.30. The topological polar surface area (TPSA) is 121 Å². The number of nitrogens with two attached hydrogens (primary N) is 1. The van der Waals surface area contributed by atoms with E-state index < -0.39 is 6.10 Å². The van der Waals surface area contributed by atoms with E-state index in [2.05, 4.69) is 15.2 Å². The molecule has 174 valence electrons. The van der Waals surface area contributed by atoms with E-state index in [1.54, 1.807) is 12.1 Å². The summed E-state index contributed by atoms with van der Waals surface area (Å²) >= 11 is 0. The van der Waals surface area contributed by atoms with Crippen LogP contribution in [0.2, 0.25) is 0 Å². The monoisotopic (exact) mass is 442 g/mol. The SMILES string of the molecule is CCOc1nc(N2CCC(O)CC2)ccc1C(=O)NC[C@@H](O)CCc1ccccc1CN. The second kappa shape index (κ2) is 11.8. The molecule has 1 fully saturated rings. The molecule has 1 aromatic carbocycles. The molecule has 0 radical (unpaired) electrons. The molecule has 0 bridgehead atoms. The average Bonchev–Trinajstić information content (AvgIpc) is 2.82. The highest BCUT2D eigenvalue weighted by Crippen LogP contribution is 2.24. The summed E-state index contributed by atoms with van der Waals surface area (Å²) in [6, 6.07) is 11.4. The van der Waals surface area contributed by atoms with E-state index in [4.69, 9.17) is 10.5 Å². The lowest BCUT2D eigenvalue weighted by Crippen LogP contribution is -2.36. The van der Waals surface area contributed by atoms with Crippen LogP contribution in [0.5, 0.6) is 5.88 Å². The van der Waals surface area contributed by atoms with Crippen molar-refractivity contribution >= 4 is 11.7 Å². The Bertz CT molecular complexity index is 884. The van der Waals surface area contributed by atoms with Gasteiger partial charge in [0.05, 0.1) is 18.8 Å². The molecule has 0 aliphatic carbocycles. The Morgan fingerprint density at radius 2 is 1.97 bits per heavy atom. The van der Waals surface area contributed by atoms with E-state index in [0.29, 0.717) is 57.5 Å². The summed E-state index contributed by atoms with van der Waals surface area (Å²) in [7, 11) is 0. The molecule has 1 amide bonds. The van der Waals surface area contributed by atoms with Crippen LogP contribution in [-0.4, -0.2) is 59.6 Å². The van der Waals surface area contributed by atoms with Gasteiger partial charge in [-0.3, -0.25) is 4.79 Å². The van der Waals surface area contributed by atoms with Crippen LogP contribution in [0.15, 0.2) is 36.4 Å². The first-order valence-electron chi connectivity index (χ1n) is 11.3. The van der Waals surface area contributed by atoms with Gasteiger partial charge in [-0.15, -0.1) is 0 Å². The highest BCUT2D eigenvalue weighted by molar-refractivity contribution is 5.96. The number of hydrogen-bond donors (Lipinski definition) is 4. The minimum absolute atomic E-state index is 0.140. The zero-order chi connectivity index (χ0) is 22.9. The molecular weight excluding hydrogens is 408 g/mol. The third-order valence-electron chi connectivity index (χ3n) is 5.74. The molecule has 2 heterocycles. The smallest absolute Gasteiger partial charge is 0.256 e. The molecule has 3 rings (SSSR count). The summed E-state index contributed by atoms with van der Waals surface area (Å²) in [5.74, 6) is 0.679. The van der Waals surface area contributed by atoms with Gasteiger partial charge >= 0.3 is 0 Å². The molecule has 0 saturated carbocycles. The van der Waals surface area contributed by atoms with Crippen LogP contribution >= 0.6 is 0 Å². The highest BCUT2D eigenvalue weighted by Gasteiger charge is 2.21. The maximum absolute atomic E-state index is 12.7. The summed E-state index contributed by atoms with van der Waals surface area (Å²) in [6.45, 7) is 4.26. The molecule has 0 unspecified atom stereocenters. The number of nitrogens with zero attached hydrogens (tertiary/aromatic N) is 2. The number of rotatable bonds is 10. The normalized spacial score (nSPS) is 15.4. The van der Waals surface area contributed by atoms with Gasteiger partial charge in [0.25, 0.3) is 5.91 Å². The third-order valence-corrected chi connectivity index (χ3v) is 5.74. The number of benzene rings is 1. The van der Waals surface area contributed by atoms with E-state index in [1.807, 2.05) is 31.2 Å². The first-order valence-corrected chi connectivity index (χ1v) is 11.3. The number of hydrogen-bond acceptors (Lipinski definition) is 7. The minimum atomic E-state index is -0.674. The number of aliphatic hydroxyl groups is 2. The lowest BCUT2D eigenvalue weighted by molar-refractivity contribution is 0.0906. The Hall–Kier alpha value is -2.68. The maximum Gasteiger partial charge on any atom is 0.256 e. The van der Waals surface area contributed by atoms with Crippen molar-refractivity contribution in [3.8, 4) is 5.88 Å². The second-order valence-corrected chi connectivity index (χ2v) is 8.05. The Balaban J connectivity index is 1.57. The van der Waals surface area contributed by atoms with Crippen LogP contribution in [0, 0.1) is 0 Å². The van der Waals surface area contributed by atoms with Gasteiger partial charge in [0.2, 0.25) is 5.88 Å². The fraction of sp³-hybridized carbons (Fsp3) is 0.500. The van der Waals surface area contributed by atoms with Crippen LogP contribution in [0.1, 0.15) is 47.7 Å². The van der Waals surface area contributed by atoms with E-state index in [1.165, 1.54) is 0 Å². The molecule has 1 saturated heterocycles. The van der Waals surface area contributed by atoms with E-state index in [0.717, 1.165) is 16.9 Å². The fourth-order valence-electron chi connectivity index (χ4n) is 3.85. The van der Waals surface area contributed by atoms with Crippen molar-refractivity contribution in [3.63, 3.8) is 0 Å². The summed E-state index contributed by atoms with van der Waals surface area (Å²) in [5, 5.41) is 22.9. The van der Waals surface area contributed by atoms with Crippen molar-refractivity contribution in [3.05, 3.63) is 53.1 Å². The molecule has 5 N–H and O–H groups in total. The molecule has 1 aliphatic heterocycles. The summed E-state index contributed by atoms with van der Waals surface area (Å²) in [5.41, 5.74) is 8.30. The Morgan fingerprint density at radius 3 is 2.66 bits per heavy atom. The third kappa shape index (κ3) is 6.41. The van der Waals surface area contributed by atoms with Gasteiger partial charge in [0, 0.05) is 26.2 Å². The molecule has 8 nitrogen and oxygen atoms in total. The van der Waals surface area contributed by atoms with Crippen LogP contribution in [0.3, 0.4) is 0 Å². The number of aliphatic hydroxyl groups excluding tert-OH is 2. The van der Waals surface area contributed by atoms with Gasteiger partial charge in [0.15, 0.2) is 0 Å². The largest absolute Gasteiger partial charge is 0.477 e. The quantitative estimate of drug-likeness (QED) is 0.441. The van der Waals surface area contributed by atoms with Crippen molar-refractivity contribution in [2.24, 2.45) is 5.73 Å². The number of anilines is 1. The number of piperidine rings is 1. The zero-order valence-electron chi connectivity index (χ0n) is 18.7. The van der Waals surface area contributed by atoms with E-state index in [-0.39, 0.29) is 24.4 Å². The number of carbonyl (C=O) groups is 1. The number of ether oxygens (including phenoxy) is 1. The number of aromatic nitrogens is 1. The number of aryl methyl sites for hydroxylation is 1. The van der Waals surface area contributed by atoms with Crippen molar-refractivity contribution in [2.45, 2.75) is 51.4 Å². The Labute approximate surface area is 189 Å². The van der Waals surface area contributed by atoms with Gasteiger partial charge in [-0.25, -0.2) is 0 Å². The minimum Gasteiger partial charge on any atom is -0.477 e. The Morgan fingerprint density at radius 1 is 1.25 bits per heavy atom. The van der Waals surface area contributed by atoms with Crippen molar-refractivity contribution in [1.29, 1.82) is 0 Å². The summed E-state index contributed by atoms with van der Waals surface area (Å²) in [4.78, 5) is 19.4. The summed E-state index contributed by atoms with van der Waals surface area (Å²) < 4.78 is 5.63. The molecule has 8 heteroatoms. The van der Waals surface area contributed by atoms with E-state index in [9.17, 15) is 15.0 Å². The number of amides is 1. The maximum atomic E-state index is 12.7. The second-order valence-electron chi connectivity index (χ2n) is 8.05. The predicted octanol–water partition coefficient (Wildman–Crippen LogP) is 1.62. The number of pyridine rings is 1. The van der Waals surface area contributed by atoms with Crippen LogP contribution in [0.4, 0.5) is 5.82 Å². The van der Waals surface area contributed by atoms with Crippen LogP contribution in [0.25, 0.3) is 0 Å². The number of carbonyl (C=O) groups excluding carboxylic acids is 1. The highest BCUT2D eigenvalue weighted by atomic mass is 16.5. The molecule has 1 aliphatic rings. The Kier molecular flexibility index (Phi) is 8.84. The zero-order valence-corrected chi connectivity index (χ0v) is 18.7. The molecule has 32 heavy (non-hydrogen) atoms. The average molecular weight is 443 g/mol. The first-order chi connectivity index (χ1) is 15.5. The van der Waals surface area contributed by atoms with Gasteiger partial charge in [-0.2, -0.15) is 4.98 Å². The van der Waals surface area contributed by atoms with Gasteiger partial charge in [-0.1, -0.05) is 24.3 Å². The molecule has 1 aromatic heterocycles. The summed E-state index contributed by atoms with van der Waals surface area (Å²) in [6.07, 6.45) is 1.66. The first kappa shape index (κ1) is 24.0. The standard InChI is InChI=1S/C24H34N4O4/c1-2-32-24-21(9-10-22(27-24)28-13-11-19(29)12-14-28)23(31)26-16-20(30)8-7-17-5-3-4-6-18(17)15-25/h3-6,9-10,19-20,29-30H,2,7-8,11-16,25H2,1H3,(H,26,31)/t20-/m0/s1. The van der Waals surface area contributed by atoms with E-state index >= 15 is 0 Å². The van der Waals surface area contributed by atoms with Gasteiger partial charge < -0.3 is 30.9 Å².